The van der Waals surface area contributed by atoms with Crippen molar-refractivity contribution in [1.82, 2.24) is 10.1 Å². The molecule has 8 nitrogen and oxygen atoms in total. The molecule has 0 amide bonds. The fourth-order valence-electron chi connectivity index (χ4n) is 2.69. The van der Waals surface area contributed by atoms with Gasteiger partial charge in [0.25, 0.3) is 5.89 Å². The molecule has 29 heavy (non-hydrogen) atoms. The second-order valence-corrected chi connectivity index (χ2v) is 6.30. The summed E-state index contributed by atoms with van der Waals surface area (Å²) >= 11 is 0. The number of aryl methyl sites for hydroxylation is 2. The molecule has 0 unspecified atom stereocenters. The minimum Gasteiger partial charge on any atom is -0.497 e. The van der Waals surface area contributed by atoms with Gasteiger partial charge in [-0.2, -0.15) is 4.98 Å². The lowest BCUT2D eigenvalue weighted by molar-refractivity contribution is -0.148. The molecule has 0 N–H and O–H groups in total. The molecular formula is C21H22N2O6. The SMILES string of the molecule is COc1ccc(-c2noc(COC(=O)COc3ccc(C)cc3C)n2)c(OC)c1. The summed E-state index contributed by atoms with van der Waals surface area (Å²) in [6.45, 7) is 3.55. The number of ether oxygens (including phenoxy) is 4. The average Bonchev–Trinajstić information content (AvgIpc) is 3.20. The van der Waals surface area contributed by atoms with E-state index in [-0.39, 0.29) is 19.1 Å². The predicted octanol–water partition coefficient (Wildman–Crippen LogP) is 3.49. The Morgan fingerprint density at radius 2 is 1.86 bits per heavy atom. The van der Waals surface area contributed by atoms with E-state index in [1.807, 2.05) is 32.0 Å². The summed E-state index contributed by atoms with van der Waals surface area (Å²) < 4.78 is 26.3. The molecule has 0 aliphatic heterocycles. The van der Waals surface area contributed by atoms with Crippen LogP contribution in [0.5, 0.6) is 17.2 Å². The Bertz CT molecular complexity index is 999. The maximum absolute atomic E-state index is 11.9. The zero-order valence-corrected chi connectivity index (χ0v) is 16.7. The molecule has 2 aromatic carbocycles. The highest BCUT2D eigenvalue weighted by Crippen LogP contribution is 2.31. The predicted molar refractivity (Wildman–Crippen MR) is 104 cm³/mol. The monoisotopic (exact) mass is 398 g/mol. The van der Waals surface area contributed by atoms with Crippen molar-refractivity contribution in [2.75, 3.05) is 20.8 Å². The third kappa shape index (κ3) is 5.04. The van der Waals surface area contributed by atoms with Crippen LogP contribution < -0.4 is 14.2 Å². The normalized spacial score (nSPS) is 10.5. The molecule has 3 aromatic rings. The van der Waals surface area contributed by atoms with Crippen LogP contribution in [0.15, 0.2) is 40.9 Å². The second kappa shape index (κ2) is 9.09. The molecule has 0 atom stereocenters. The van der Waals surface area contributed by atoms with Gasteiger partial charge in [0.05, 0.1) is 19.8 Å². The van der Waals surface area contributed by atoms with E-state index in [1.165, 1.54) is 7.11 Å². The largest absolute Gasteiger partial charge is 0.497 e. The topological polar surface area (TPSA) is 92.9 Å². The Labute approximate surface area is 168 Å². The highest BCUT2D eigenvalue weighted by Gasteiger charge is 2.16. The van der Waals surface area contributed by atoms with Gasteiger partial charge >= 0.3 is 5.97 Å². The minimum absolute atomic E-state index is 0.152. The quantitative estimate of drug-likeness (QED) is 0.533. The summed E-state index contributed by atoms with van der Waals surface area (Å²) in [5.74, 6) is 1.77. The molecule has 0 aliphatic rings. The molecule has 1 aromatic heterocycles. The number of methoxy groups -OCH3 is 2. The fourth-order valence-corrected chi connectivity index (χ4v) is 2.69. The minimum atomic E-state index is -0.535. The molecular weight excluding hydrogens is 376 g/mol. The maximum atomic E-state index is 11.9. The smallest absolute Gasteiger partial charge is 0.344 e. The molecule has 0 aliphatic carbocycles. The van der Waals surface area contributed by atoms with Crippen molar-refractivity contribution in [3.63, 3.8) is 0 Å². The van der Waals surface area contributed by atoms with E-state index in [9.17, 15) is 4.79 Å². The van der Waals surface area contributed by atoms with Gasteiger partial charge in [-0.25, -0.2) is 4.79 Å². The van der Waals surface area contributed by atoms with Crippen LogP contribution in [-0.4, -0.2) is 36.9 Å². The van der Waals surface area contributed by atoms with Gasteiger partial charge in [0.15, 0.2) is 13.2 Å². The van der Waals surface area contributed by atoms with Gasteiger partial charge in [-0.3, -0.25) is 0 Å². The molecule has 0 bridgehead atoms. The Kier molecular flexibility index (Phi) is 6.33. The summed E-state index contributed by atoms with van der Waals surface area (Å²) in [4.78, 5) is 16.2. The molecule has 0 radical (unpaired) electrons. The lowest BCUT2D eigenvalue weighted by atomic mass is 10.1. The molecule has 152 valence electrons. The van der Waals surface area contributed by atoms with Crippen LogP contribution >= 0.6 is 0 Å². The van der Waals surface area contributed by atoms with Crippen molar-refractivity contribution in [1.29, 1.82) is 0 Å². The first-order chi connectivity index (χ1) is 14.0. The van der Waals surface area contributed by atoms with E-state index < -0.39 is 5.97 Å². The maximum Gasteiger partial charge on any atom is 0.344 e. The van der Waals surface area contributed by atoms with E-state index in [0.717, 1.165) is 11.1 Å². The second-order valence-electron chi connectivity index (χ2n) is 6.30. The fraction of sp³-hybridized carbons (Fsp3) is 0.286. The van der Waals surface area contributed by atoms with Gasteiger partial charge < -0.3 is 23.5 Å². The third-order valence-corrected chi connectivity index (χ3v) is 4.15. The number of rotatable bonds is 8. The summed E-state index contributed by atoms with van der Waals surface area (Å²) in [5.41, 5.74) is 2.71. The molecule has 0 saturated carbocycles. The first kappa shape index (κ1) is 20.2. The van der Waals surface area contributed by atoms with Gasteiger partial charge in [0, 0.05) is 6.07 Å². The van der Waals surface area contributed by atoms with Gasteiger partial charge in [-0.05, 0) is 37.6 Å². The van der Waals surface area contributed by atoms with Crippen LogP contribution in [0.3, 0.4) is 0 Å². The lowest BCUT2D eigenvalue weighted by Gasteiger charge is -2.09. The number of benzene rings is 2. The van der Waals surface area contributed by atoms with Crippen molar-refractivity contribution < 1.29 is 28.3 Å². The van der Waals surface area contributed by atoms with Crippen molar-refractivity contribution >= 4 is 5.97 Å². The highest BCUT2D eigenvalue weighted by atomic mass is 16.6. The summed E-state index contributed by atoms with van der Waals surface area (Å²) in [6, 6.07) is 11.0. The lowest BCUT2D eigenvalue weighted by Crippen LogP contribution is -2.15. The highest BCUT2D eigenvalue weighted by molar-refractivity contribution is 5.71. The van der Waals surface area contributed by atoms with Crippen LogP contribution in [0.2, 0.25) is 0 Å². The van der Waals surface area contributed by atoms with Crippen LogP contribution in [-0.2, 0) is 16.1 Å². The van der Waals surface area contributed by atoms with E-state index in [2.05, 4.69) is 10.1 Å². The summed E-state index contributed by atoms with van der Waals surface area (Å²) in [5, 5.41) is 3.91. The molecule has 3 rings (SSSR count). The van der Waals surface area contributed by atoms with Crippen LogP contribution in [0.1, 0.15) is 17.0 Å². The standard InChI is InChI=1S/C21H22N2O6/c1-13-5-8-17(14(2)9-13)27-12-20(24)28-11-19-22-21(23-29-19)16-7-6-15(25-3)10-18(16)26-4/h5-10H,11-12H2,1-4H3. The van der Waals surface area contributed by atoms with Gasteiger partial charge in [0.1, 0.15) is 17.2 Å². The van der Waals surface area contributed by atoms with E-state index in [4.69, 9.17) is 23.5 Å². The van der Waals surface area contributed by atoms with Crippen LogP contribution in [0.25, 0.3) is 11.4 Å². The van der Waals surface area contributed by atoms with Crippen molar-refractivity contribution in [2.45, 2.75) is 20.5 Å². The Morgan fingerprint density at radius 1 is 1.03 bits per heavy atom. The number of carbonyl (C=O) groups is 1. The zero-order chi connectivity index (χ0) is 20.8. The van der Waals surface area contributed by atoms with Gasteiger partial charge in [-0.1, -0.05) is 22.9 Å². The van der Waals surface area contributed by atoms with Crippen LogP contribution in [0, 0.1) is 13.8 Å². The molecule has 0 fully saturated rings. The number of aromatic nitrogens is 2. The molecule has 8 heteroatoms. The number of hydrogen-bond acceptors (Lipinski definition) is 8. The first-order valence-corrected chi connectivity index (χ1v) is 8.91. The van der Waals surface area contributed by atoms with Crippen LogP contribution in [0.4, 0.5) is 0 Å². The van der Waals surface area contributed by atoms with E-state index in [1.54, 1.807) is 25.3 Å². The van der Waals surface area contributed by atoms with Gasteiger partial charge in [0.2, 0.25) is 5.82 Å². The summed E-state index contributed by atoms with van der Waals surface area (Å²) in [6.07, 6.45) is 0. The Hall–Kier alpha value is -3.55. The Balaban J connectivity index is 1.57. The Morgan fingerprint density at radius 3 is 2.59 bits per heavy atom. The number of esters is 1. The average molecular weight is 398 g/mol. The van der Waals surface area contributed by atoms with Gasteiger partial charge in [-0.15, -0.1) is 0 Å². The summed E-state index contributed by atoms with van der Waals surface area (Å²) in [7, 11) is 3.11. The number of carbonyl (C=O) groups excluding carboxylic acids is 1. The van der Waals surface area contributed by atoms with Crippen molar-refractivity contribution in [3.8, 4) is 28.6 Å². The zero-order valence-electron chi connectivity index (χ0n) is 16.7. The van der Waals surface area contributed by atoms with Crippen molar-refractivity contribution in [3.05, 3.63) is 53.4 Å². The molecule has 1 heterocycles. The first-order valence-electron chi connectivity index (χ1n) is 8.91. The number of nitrogens with zero attached hydrogens (tertiary/aromatic N) is 2. The van der Waals surface area contributed by atoms with Crippen molar-refractivity contribution in [2.24, 2.45) is 0 Å². The molecule has 0 saturated heterocycles. The third-order valence-electron chi connectivity index (χ3n) is 4.15. The van der Waals surface area contributed by atoms with E-state index >= 15 is 0 Å². The number of hydrogen-bond donors (Lipinski definition) is 0. The molecule has 0 spiro atoms. The van der Waals surface area contributed by atoms with E-state index in [0.29, 0.717) is 28.6 Å².